The lowest BCUT2D eigenvalue weighted by atomic mass is 10.1. The van der Waals surface area contributed by atoms with Crippen molar-refractivity contribution in [3.63, 3.8) is 0 Å². The molecular weight excluding hydrogens is 348 g/mol. The SMILES string of the molecule is N=C(/C=C\NCc1cccnc1)c1cc(Br)ccc1[N+](=O)[O-]. The van der Waals surface area contributed by atoms with Crippen LogP contribution in [0.2, 0.25) is 0 Å². The zero-order chi connectivity index (χ0) is 15.9. The first kappa shape index (κ1) is 15.8. The molecule has 0 aliphatic heterocycles. The van der Waals surface area contributed by atoms with Gasteiger partial charge in [0.25, 0.3) is 5.69 Å². The average molecular weight is 361 g/mol. The van der Waals surface area contributed by atoms with Gasteiger partial charge in [-0.15, -0.1) is 0 Å². The summed E-state index contributed by atoms with van der Waals surface area (Å²) in [5, 5.41) is 22.0. The lowest BCUT2D eigenvalue weighted by molar-refractivity contribution is -0.385. The summed E-state index contributed by atoms with van der Waals surface area (Å²) in [7, 11) is 0. The highest BCUT2D eigenvalue weighted by Crippen LogP contribution is 2.23. The van der Waals surface area contributed by atoms with Crippen LogP contribution in [0.5, 0.6) is 0 Å². The molecule has 2 aromatic rings. The second-order valence-electron chi connectivity index (χ2n) is 4.41. The zero-order valence-corrected chi connectivity index (χ0v) is 13.1. The fourth-order valence-corrected chi connectivity index (χ4v) is 2.16. The van der Waals surface area contributed by atoms with Gasteiger partial charge < -0.3 is 5.32 Å². The van der Waals surface area contributed by atoms with Crippen molar-refractivity contribution in [2.45, 2.75) is 6.54 Å². The molecule has 0 atom stereocenters. The highest BCUT2D eigenvalue weighted by molar-refractivity contribution is 9.10. The summed E-state index contributed by atoms with van der Waals surface area (Å²) in [6.45, 7) is 0.568. The Hall–Kier alpha value is -2.54. The number of hydrogen-bond donors (Lipinski definition) is 2. The van der Waals surface area contributed by atoms with Crippen LogP contribution in [0.15, 0.2) is 59.5 Å². The lowest BCUT2D eigenvalue weighted by Gasteiger charge is -2.03. The van der Waals surface area contributed by atoms with Gasteiger partial charge in [0.15, 0.2) is 0 Å². The minimum absolute atomic E-state index is 0.0617. The van der Waals surface area contributed by atoms with Crippen LogP contribution >= 0.6 is 15.9 Å². The van der Waals surface area contributed by atoms with Crippen LogP contribution in [0, 0.1) is 15.5 Å². The van der Waals surface area contributed by atoms with E-state index in [0.717, 1.165) is 5.56 Å². The minimum Gasteiger partial charge on any atom is -0.387 e. The van der Waals surface area contributed by atoms with E-state index in [1.807, 2.05) is 12.1 Å². The van der Waals surface area contributed by atoms with Gasteiger partial charge in [0.2, 0.25) is 0 Å². The number of rotatable bonds is 6. The van der Waals surface area contributed by atoms with Crippen molar-refractivity contribution in [2.75, 3.05) is 0 Å². The van der Waals surface area contributed by atoms with Crippen LogP contribution in [0.25, 0.3) is 0 Å². The number of halogens is 1. The van der Waals surface area contributed by atoms with Crippen LogP contribution in [0.1, 0.15) is 11.1 Å². The molecule has 6 nitrogen and oxygen atoms in total. The van der Waals surface area contributed by atoms with Gasteiger partial charge in [-0.05, 0) is 36.0 Å². The minimum atomic E-state index is -0.493. The van der Waals surface area contributed by atoms with Gasteiger partial charge in [0.1, 0.15) is 0 Å². The Morgan fingerprint density at radius 2 is 2.27 bits per heavy atom. The van der Waals surface area contributed by atoms with Gasteiger partial charge in [-0.2, -0.15) is 0 Å². The van der Waals surface area contributed by atoms with Crippen molar-refractivity contribution in [3.05, 3.63) is 80.7 Å². The van der Waals surface area contributed by atoms with Crippen LogP contribution in [0.4, 0.5) is 5.69 Å². The van der Waals surface area contributed by atoms with Gasteiger partial charge >= 0.3 is 0 Å². The molecule has 0 saturated heterocycles. The summed E-state index contributed by atoms with van der Waals surface area (Å²) < 4.78 is 0.689. The fraction of sp³-hybridized carbons (Fsp3) is 0.0667. The maximum Gasteiger partial charge on any atom is 0.278 e. The standard InChI is InChI=1S/C15H13BrN4O2/c16-12-3-4-15(20(21)22)13(8-12)14(17)5-7-19-10-11-2-1-6-18-9-11/h1-9,17,19H,10H2/b7-5-,17-14?. The molecule has 1 heterocycles. The van der Waals surface area contributed by atoms with Gasteiger partial charge in [0.05, 0.1) is 16.2 Å². The van der Waals surface area contributed by atoms with Crippen molar-refractivity contribution in [1.29, 1.82) is 5.41 Å². The number of nitrogens with one attached hydrogen (secondary N) is 2. The number of pyridine rings is 1. The summed E-state index contributed by atoms with van der Waals surface area (Å²) in [6.07, 6.45) is 6.53. The monoisotopic (exact) mass is 360 g/mol. The third-order valence-corrected chi connectivity index (χ3v) is 3.34. The second-order valence-corrected chi connectivity index (χ2v) is 5.32. The molecule has 0 fully saturated rings. The van der Waals surface area contributed by atoms with E-state index in [1.54, 1.807) is 30.7 Å². The number of aromatic nitrogens is 1. The van der Waals surface area contributed by atoms with Crippen molar-refractivity contribution in [3.8, 4) is 0 Å². The quantitative estimate of drug-likeness (QED) is 0.468. The summed E-state index contributed by atoms with van der Waals surface area (Å²) in [6, 6.07) is 8.29. The molecule has 0 aliphatic carbocycles. The van der Waals surface area contributed by atoms with Crippen molar-refractivity contribution < 1.29 is 4.92 Å². The van der Waals surface area contributed by atoms with E-state index in [4.69, 9.17) is 5.41 Å². The highest BCUT2D eigenvalue weighted by atomic mass is 79.9. The van der Waals surface area contributed by atoms with Gasteiger partial charge in [-0.25, -0.2) is 0 Å². The molecule has 2 rings (SSSR count). The molecule has 7 heteroatoms. The molecule has 0 radical (unpaired) electrons. The Morgan fingerprint density at radius 3 is 2.95 bits per heavy atom. The van der Waals surface area contributed by atoms with E-state index in [9.17, 15) is 10.1 Å². The molecule has 0 bridgehead atoms. The third-order valence-electron chi connectivity index (χ3n) is 2.84. The first-order valence-corrected chi connectivity index (χ1v) is 7.19. The topological polar surface area (TPSA) is 91.9 Å². The third kappa shape index (κ3) is 4.23. The highest BCUT2D eigenvalue weighted by Gasteiger charge is 2.16. The largest absolute Gasteiger partial charge is 0.387 e. The predicted octanol–water partition coefficient (Wildman–Crippen LogP) is 3.42. The molecule has 1 aromatic heterocycles. The Kier molecular flexibility index (Phi) is 5.37. The molecule has 0 amide bonds. The Labute approximate surface area is 135 Å². The van der Waals surface area contributed by atoms with E-state index >= 15 is 0 Å². The van der Waals surface area contributed by atoms with Crippen molar-refractivity contribution in [2.24, 2.45) is 0 Å². The van der Waals surface area contributed by atoms with Crippen LogP contribution in [-0.4, -0.2) is 15.6 Å². The molecule has 22 heavy (non-hydrogen) atoms. The van der Waals surface area contributed by atoms with E-state index in [-0.39, 0.29) is 17.0 Å². The predicted molar refractivity (Wildman–Crippen MR) is 87.8 cm³/mol. The van der Waals surface area contributed by atoms with Crippen LogP contribution < -0.4 is 5.32 Å². The summed E-state index contributed by atoms with van der Waals surface area (Å²) in [5.74, 6) is 0. The van der Waals surface area contributed by atoms with Gasteiger partial charge in [-0.3, -0.25) is 20.5 Å². The molecular formula is C15H13BrN4O2. The zero-order valence-electron chi connectivity index (χ0n) is 11.5. The number of allylic oxidation sites excluding steroid dienone is 1. The van der Waals surface area contributed by atoms with Gasteiger partial charge in [-0.1, -0.05) is 22.0 Å². The summed E-state index contributed by atoms with van der Waals surface area (Å²) >= 11 is 3.26. The molecule has 1 aromatic carbocycles. The molecule has 0 spiro atoms. The van der Waals surface area contributed by atoms with Crippen LogP contribution in [-0.2, 0) is 6.54 Å². The molecule has 0 saturated carbocycles. The molecule has 0 aliphatic rings. The Morgan fingerprint density at radius 1 is 1.45 bits per heavy atom. The maximum atomic E-state index is 11.0. The average Bonchev–Trinajstić information content (AvgIpc) is 2.52. The molecule has 2 N–H and O–H groups in total. The number of nitro groups is 1. The second kappa shape index (κ2) is 7.46. The lowest BCUT2D eigenvalue weighted by Crippen LogP contribution is -2.07. The number of benzene rings is 1. The van der Waals surface area contributed by atoms with Crippen molar-refractivity contribution >= 4 is 27.3 Å². The Bertz CT molecular complexity index is 717. The van der Waals surface area contributed by atoms with Gasteiger partial charge in [0, 0.05) is 29.5 Å². The van der Waals surface area contributed by atoms with E-state index in [0.29, 0.717) is 11.0 Å². The maximum absolute atomic E-state index is 11.0. The first-order chi connectivity index (χ1) is 10.6. The van der Waals surface area contributed by atoms with E-state index in [1.165, 1.54) is 12.1 Å². The summed E-state index contributed by atoms with van der Waals surface area (Å²) in [4.78, 5) is 14.5. The summed E-state index contributed by atoms with van der Waals surface area (Å²) in [5.41, 5.74) is 1.24. The molecule has 0 unspecified atom stereocenters. The van der Waals surface area contributed by atoms with Crippen LogP contribution in [0.3, 0.4) is 0 Å². The molecule has 112 valence electrons. The number of hydrogen-bond acceptors (Lipinski definition) is 5. The fourth-order valence-electron chi connectivity index (χ4n) is 1.79. The Balaban J connectivity index is 2.04. The van der Waals surface area contributed by atoms with E-state index < -0.39 is 4.92 Å². The van der Waals surface area contributed by atoms with Crippen molar-refractivity contribution in [1.82, 2.24) is 10.3 Å². The normalized spacial score (nSPS) is 10.6. The van der Waals surface area contributed by atoms with E-state index in [2.05, 4.69) is 26.2 Å². The smallest absolute Gasteiger partial charge is 0.278 e. The number of nitrogens with zero attached hydrogens (tertiary/aromatic N) is 2. The number of nitro benzene ring substituents is 1. The first-order valence-electron chi connectivity index (χ1n) is 6.39.